The number of allylic oxidation sites excluding steroid dienone is 1. The van der Waals surface area contributed by atoms with Crippen molar-refractivity contribution in [1.29, 1.82) is 0 Å². The van der Waals surface area contributed by atoms with Crippen molar-refractivity contribution in [2.24, 2.45) is 29.1 Å². The van der Waals surface area contributed by atoms with Gasteiger partial charge in [-0.3, -0.25) is 4.79 Å². The number of terminal acetylenes is 1. The lowest BCUT2D eigenvalue weighted by atomic mass is 9.50. The first-order chi connectivity index (χ1) is 12.3. The number of carbonyl (C=O) groups is 1. The van der Waals surface area contributed by atoms with Crippen molar-refractivity contribution in [3.05, 3.63) is 11.1 Å². The van der Waals surface area contributed by atoms with Crippen LogP contribution in [0.4, 0.5) is 0 Å². The second-order valence-electron chi connectivity index (χ2n) is 9.57. The number of ether oxygens (including phenoxy) is 1. The van der Waals surface area contributed by atoms with Crippen LogP contribution in [0.3, 0.4) is 0 Å². The predicted molar refractivity (Wildman–Crippen MR) is 101 cm³/mol. The monoisotopic (exact) mass is 356 g/mol. The normalized spacial score (nSPS) is 47.4. The maximum atomic E-state index is 11.3. The molecule has 4 aliphatic carbocycles. The first kappa shape index (κ1) is 18.1. The molecule has 0 saturated heterocycles. The molecule has 3 heteroatoms. The molecule has 26 heavy (non-hydrogen) atoms. The molecule has 0 aromatic heterocycles. The van der Waals surface area contributed by atoms with Gasteiger partial charge >= 0.3 is 5.97 Å². The van der Waals surface area contributed by atoms with E-state index in [1.165, 1.54) is 6.92 Å². The number of fused-ring (bicyclic) bond motifs is 4. The molecule has 0 bridgehead atoms. The van der Waals surface area contributed by atoms with Gasteiger partial charge in [0.2, 0.25) is 0 Å². The zero-order chi connectivity index (χ0) is 18.7. The number of hydrogen-bond acceptors (Lipinski definition) is 3. The Hall–Kier alpha value is -1.27. The SMILES string of the molecule is C#C[C@]1(O)CC[C@H]2[C@@H]3[C@H](C)CC4=C(CC[C@H](OC(C)=O)C4)[C@H]3CC[C@@]21C. The second-order valence-corrected chi connectivity index (χ2v) is 9.57. The molecule has 4 aliphatic rings. The quantitative estimate of drug-likeness (QED) is 0.434. The van der Waals surface area contributed by atoms with Gasteiger partial charge in [-0.15, -0.1) is 6.42 Å². The summed E-state index contributed by atoms with van der Waals surface area (Å²) in [6.45, 7) is 6.14. The molecule has 3 nitrogen and oxygen atoms in total. The Balaban J connectivity index is 1.62. The van der Waals surface area contributed by atoms with E-state index in [-0.39, 0.29) is 17.5 Å². The van der Waals surface area contributed by atoms with Crippen LogP contribution in [0.5, 0.6) is 0 Å². The molecule has 2 fully saturated rings. The Morgan fingerprint density at radius 3 is 2.73 bits per heavy atom. The Kier molecular flexibility index (Phi) is 4.27. The number of carbonyl (C=O) groups excluding carboxylic acids is 1. The molecule has 1 N–H and O–H groups in total. The smallest absolute Gasteiger partial charge is 0.302 e. The van der Waals surface area contributed by atoms with Crippen LogP contribution in [0.15, 0.2) is 11.1 Å². The third-order valence-corrected chi connectivity index (χ3v) is 8.39. The minimum Gasteiger partial charge on any atom is -0.462 e. The number of rotatable bonds is 1. The highest BCUT2D eigenvalue weighted by atomic mass is 16.5. The van der Waals surface area contributed by atoms with Gasteiger partial charge in [-0.05, 0) is 68.6 Å². The van der Waals surface area contributed by atoms with Gasteiger partial charge in [0.05, 0.1) is 0 Å². The van der Waals surface area contributed by atoms with Crippen LogP contribution in [0.25, 0.3) is 0 Å². The van der Waals surface area contributed by atoms with Gasteiger partial charge in [-0.1, -0.05) is 30.9 Å². The van der Waals surface area contributed by atoms with E-state index in [0.29, 0.717) is 23.7 Å². The summed E-state index contributed by atoms with van der Waals surface area (Å²) in [6.07, 6.45) is 13.9. The average molecular weight is 357 g/mol. The van der Waals surface area contributed by atoms with Crippen LogP contribution in [-0.2, 0) is 9.53 Å². The van der Waals surface area contributed by atoms with Crippen molar-refractivity contribution in [2.75, 3.05) is 0 Å². The molecule has 0 spiro atoms. The van der Waals surface area contributed by atoms with E-state index in [1.54, 1.807) is 11.1 Å². The van der Waals surface area contributed by atoms with Crippen LogP contribution in [0.2, 0.25) is 0 Å². The molecule has 2 saturated carbocycles. The van der Waals surface area contributed by atoms with Crippen molar-refractivity contribution >= 4 is 5.97 Å². The average Bonchev–Trinajstić information content (AvgIpc) is 2.86. The Bertz CT molecular complexity index is 686. The lowest BCUT2D eigenvalue weighted by Gasteiger charge is -2.55. The van der Waals surface area contributed by atoms with E-state index in [9.17, 15) is 9.90 Å². The van der Waals surface area contributed by atoms with E-state index >= 15 is 0 Å². The lowest BCUT2D eigenvalue weighted by molar-refractivity contribution is -0.147. The van der Waals surface area contributed by atoms with Crippen LogP contribution >= 0.6 is 0 Å². The molecule has 0 radical (unpaired) electrons. The summed E-state index contributed by atoms with van der Waals surface area (Å²) in [5.74, 6) is 5.03. The van der Waals surface area contributed by atoms with Crippen LogP contribution in [0, 0.1) is 41.4 Å². The fourth-order valence-electron chi connectivity index (χ4n) is 7.17. The minimum atomic E-state index is -0.927. The second kappa shape index (κ2) is 6.13. The summed E-state index contributed by atoms with van der Waals surface area (Å²) < 4.78 is 5.51. The number of hydrogen-bond donors (Lipinski definition) is 1. The molecule has 0 aromatic carbocycles. The van der Waals surface area contributed by atoms with Crippen molar-refractivity contribution in [3.8, 4) is 12.3 Å². The van der Waals surface area contributed by atoms with Crippen molar-refractivity contribution in [2.45, 2.75) is 83.8 Å². The third kappa shape index (κ3) is 2.48. The van der Waals surface area contributed by atoms with E-state index in [4.69, 9.17) is 11.2 Å². The third-order valence-electron chi connectivity index (χ3n) is 8.39. The predicted octanol–water partition coefficient (Wildman–Crippen LogP) is 4.25. The Morgan fingerprint density at radius 1 is 1.27 bits per heavy atom. The summed E-state index contributed by atoms with van der Waals surface area (Å²) in [4.78, 5) is 11.3. The highest BCUT2D eigenvalue weighted by molar-refractivity contribution is 5.66. The van der Waals surface area contributed by atoms with E-state index in [2.05, 4.69) is 19.8 Å². The fraction of sp³-hybridized carbons (Fsp3) is 0.783. The molecule has 142 valence electrons. The molecule has 0 aromatic rings. The summed E-state index contributed by atoms with van der Waals surface area (Å²) in [6, 6.07) is 0. The summed E-state index contributed by atoms with van der Waals surface area (Å²) in [5, 5.41) is 11.1. The van der Waals surface area contributed by atoms with Gasteiger partial charge in [-0.2, -0.15) is 0 Å². The summed E-state index contributed by atoms with van der Waals surface area (Å²) >= 11 is 0. The molecular weight excluding hydrogens is 324 g/mol. The van der Waals surface area contributed by atoms with Crippen LogP contribution in [-0.4, -0.2) is 22.8 Å². The van der Waals surface area contributed by atoms with Gasteiger partial charge in [0.1, 0.15) is 11.7 Å². The van der Waals surface area contributed by atoms with E-state index < -0.39 is 5.60 Å². The topological polar surface area (TPSA) is 46.5 Å². The fourth-order valence-corrected chi connectivity index (χ4v) is 7.17. The molecule has 0 heterocycles. The first-order valence-electron chi connectivity index (χ1n) is 10.4. The molecule has 7 atom stereocenters. The highest BCUT2D eigenvalue weighted by Crippen LogP contribution is 2.65. The first-order valence-corrected chi connectivity index (χ1v) is 10.4. The van der Waals surface area contributed by atoms with Crippen LogP contribution in [0.1, 0.15) is 72.1 Å². The molecule has 4 rings (SSSR count). The van der Waals surface area contributed by atoms with Gasteiger partial charge in [-0.25, -0.2) is 0 Å². The maximum absolute atomic E-state index is 11.3. The molecule has 0 unspecified atom stereocenters. The standard InChI is InChI=1S/C23H32O3/c1-5-23(25)11-9-20-21-14(2)12-16-13-17(26-15(3)24)6-7-18(16)19(21)8-10-22(20,23)4/h1,14,17,19-21,25H,6-13H2,2-4H3/t14-,17+,19-,20+,21-,22+,23+/m1/s1. The Labute approximate surface area is 157 Å². The summed E-state index contributed by atoms with van der Waals surface area (Å²) in [7, 11) is 0. The van der Waals surface area contributed by atoms with E-state index in [0.717, 1.165) is 51.4 Å². The van der Waals surface area contributed by atoms with Crippen molar-refractivity contribution in [3.63, 3.8) is 0 Å². The van der Waals surface area contributed by atoms with Gasteiger partial charge in [0.15, 0.2) is 0 Å². The highest BCUT2D eigenvalue weighted by Gasteiger charge is 2.62. The largest absolute Gasteiger partial charge is 0.462 e. The van der Waals surface area contributed by atoms with Gasteiger partial charge in [0.25, 0.3) is 0 Å². The lowest BCUT2D eigenvalue weighted by Crippen LogP contribution is -2.52. The minimum absolute atomic E-state index is 0.0712. The number of aliphatic hydroxyl groups is 1. The van der Waals surface area contributed by atoms with Crippen LogP contribution < -0.4 is 0 Å². The molecule has 0 amide bonds. The maximum Gasteiger partial charge on any atom is 0.302 e. The molecule has 0 aliphatic heterocycles. The Morgan fingerprint density at radius 2 is 2.04 bits per heavy atom. The zero-order valence-corrected chi connectivity index (χ0v) is 16.4. The summed E-state index contributed by atoms with van der Waals surface area (Å²) in [5.41, 5.74) is 2.16. The van der Waals surface area contributed by atoms with Gasteiger partial charge in [0, 0.05) is 18.8 Å². The zero-order valence-electron chi connectivity index (χ0n) is 16.4. The number of esters is 1. The molecular formula is C23H32O3. The van der Waals surface area contributed by atoms with Crippen molar-refractivity contribution in [1.82, 2.24) is 0 Å². The van der Waals surface area contributed by atoms with Crippen molar-refractivity contribution < 1.29 is 14.6 Å². The van der Waals surface area contributed by atoms with E-state index in [1.807, 2.05) is 0 Å². The van der Waals surface area contributed by atoms with Gasteiger partial charge < -0.3 is 9.84 Å².